The van der Waals surface area contributed by atoms with Gasteiger partial charge in [0.2, 0.25) is 0 Å². The van der Waals surface area contributed by atoms with E-state index in [1.807, 2.05) is 11.1 Å². The Labute approximate surface area is 112 Å². The molecular weight excluding hydrogens is 216 g/mol. The number of hydrogen-bond donors (Lipinski definition) is 0. The number of allylic oxidation sites excluding steroid dienone is 4. The predicted molar refractivity (Wildman–Crippen MR) is 76.4 cm³/mol. The van der Waals surface area contributed by atoms with Crippen molar-refractivity contribution in [1.29, 1.82) is 0 Å². The van der Waals surface area contributed by atoms with Gasteiger partial charge in [0.05, 0.1) is 0 Å². The van der Waals surface area contributed by atoms with E-state index in [1.54, 1.807) is 11.1 Å². The van der Waals surface area contributed by atoms with Gasteiger partial charge in [-0.3, -0.25) is 0 Å². The van der Waals surface area contributed by atoms with E-state index in [0.29, 0.717) is 10.8 Å². The fourth-order valence-corrected chi connectivity index (χ4v) is 6.21. The Bertz CT molecular complexity index is 424. The minimum absolute atomic E-state index is 0.591. The molecule has 0 aromatic heterocycles. The van der Waals surface area contributed by atoms with Crippen LogP contribution in [0.1, 0.15) is 78.1 Å². The van der Waals surface area contributed by atoms with Crippen molar-refractivity contribution >= 4 is 0 Å². The fourth-order valence-electron chi connectivity index (χ4n) is 6.21. The lowest BCUT2D eigenvalue weighted by Crippen LogP contribution is -2.61. The average Bonchev–Trinajstić information content (AvgIpc) is 2.67. The van der Waals surface area contributed by atoms with Gasteiger partial charge in [-0.1, -0.05) is 48.0 Å². The molecule has 0 aliphatic heterocycles. The first-order valence-corrected chi connectivity index (χ1v) is 8.16. The fraction of sp³-hybridized carbons (Fsp3) is 0.778. The van der Waals surface area contributed by atoms with Crippen molar-refractivity contribution < 1.29 is 0 Å². The summed E-state index contributed by atoms with van der Waals surface area (Å²) in [5, 5.41) is 0. The monoisotopic (exact) mass is 242 g/mol. The van der Waals surface area contributed by atoms with Crippen molar-refractivity contribution in [3.63, 3.8) is 0 Å². The second kappa shape index (κ2) is 3.52. The summed E-state index contributed by atoms with van der Waals surface area (Å²) in [5.74, 6) is 0. The number of rotatable bonds is 0. The maximum Gasteiger partial charge on any atom is 0.0254 e. The van der Waals surface area contributed by atoms with Crippen LogP contribution in [0.25, 0.3) is 0 Å². The largest absolute Gasteiger partial charge is 0.0620 e. The second-order valence-corrected chi connectivity index (χ2v) is 7.14. The van der Waals surface area contributed by atoms with E-state index < -0.39 is 0 Å². The van der Waals surface area contributed by atoms with Crippen LogP contribution in [0.3, 0.4) is 0 Å². The minimum atomic E-state index is 0.591. The lowest BCUT2D eigenvalue weighted by atomic mass is 9.32. The van der Waals surface area contributed by atoms with Crippen LogP contribution in [0.15, 0.2) is 22.3 Å². The highest BCUT2D eigenvalue weighted by molar-refractivity contribution is 5.65. The highest BCUT2D eigenvalue weighted by Crippen LogP contribution is 2.81. The lowest BCUT2D eigenvalue weighted by molar-refractivity contribution is 0.0672. The first kappa shape index (κ1) is 11.3. The van der Waals surface area contributed by atoms with Crippen molar-refractivity contribution in [2.45, 2.75) is 78.1 Å². The van der Waals surface area contributed by atoms with Gasteiger partial charge in [-0.05, 0) is 52.4 Å². The van der Waals surface area contributed by atoms with Gasteiger partial charge in [0, 0.05) is 10.8 Å². The normalized spacial score (nSPS) is 43.0. The Morgan fingerprint density at radius 1 is 0.611 bits per heavy atom. The molecule has 0 aromatic carbocycles. The molecule has 98 valence electrons. The van der Waals surface area contributed by atoms with E-state index in [-0.39, 0.29) is 0 Å². The molecule has 0 amide bonds. The third-order valence-corrected chi connectivity index (χ3v) is 6.92. The molecule has 0 heteroatoms. The van der Waals surface area contributed by atoms with Gasteiger partial charge in [0.1, 0.15) is 0 Å². The summed E-state index contributed by atoms with van der Waals surface area (Å²) in [5.41, 5.74) is 8.62. The van der Waals surface area contributed by atoms with Crippen LogP contribution in [-0.4, -0.2) is 0 Å². The molecular formula is C18H26. The zero-order valence-electron chi connectivity index (χ0n) is 12.1. The van der Waals surface area contributed by atoms with Gasteiger partial charge >= 0.3 is 0 Å². The van der Waals surface area contributed by atoms with Crippen LogP contribution >= 0.6 is 0 Å². The first-order valence-electron chi connectivity index (χ1n) is 8.16. The molecule has 0 nitrogen and oxygen atoms in total. The van der Waals surface area contributed by atoms with E-state index in [1.165, 1.54) is 64.2 Å². The summed E-state index contributed by atoms with van der Waals surface area (Å²) in [6, 6.07) is 0. The summed E-state index contributed by atoms with van der Waals surface area (Å²) < 4.78 is 0. The van der Waals surface area contributed by atoms with E-state index in [2.05, 4.69) is 13.8 Å². The molecule has 4 aliphatic carbocycles. The molecule has 2 atom stereocenters. The van der Waals surface area contributed by atoms with Gasteiger partial charge in [-0.25, -0.2) is 0 Å². The van der Waals surface area contributed by atoms with Crippen LogP contribution in [0.4, 0.5) is 0 Å². The molecule has 0 radical (unpaired) electrons. The molecule has 0 spiro atoms. The highest BCUT2D eigenvalue weighted by atomic mass is 14.7. The van der Waals surface area contributed by atoms with Gasteiger partial charge in [-0.2, -0.15) is 0 Å². The molecule has 18 heavy (non-hydrogen) atoms. The third-order valence-electron chi connectivity index (χ3n) is 6.92. The van der Waals surface area contributed by atoms with Gasteiger partial charge < -0.3 is 0 Å². The standard InChI is InChI=1S/C18H26/c1-13-14(2)18-12-8-4-7-11-17(13,18)15-9-5-3-6-10-16(15)18/h3-12H2,1-2H3. The molecule has 2 unspecified atom stereocenters. The van der Waals surface area contributed by atoms with Gasteiger partial charge in [-0.15, -0.1) is 0 Å². The summed E-state index contributed by atoms with van der Waals surface area (Å²) in [4.78, 5) is 0. The van der Waals surface area contributed by atoms with Crippen molar-refractivity contribution in [3.05, 3.63) is 22.3 Å². The second-order valence-electron chi connectivity index (χ2n) is 7.14. The van der Waals surface area contributed by atoms with Crippen LogP contribution in [0.5, 0.6) is 0 Å². The average molecular weight is 242 g/mol. The summed E-state index contributed by atoms with van der Waals surface area (Å²) in [6.07, 6.45) is 14.6. The Balaban J connectivity index is 1.87. The summed E-state index contributed by atoms with van der Waals surface area (Å²) in [7, 11) is 0. The van der Waals surface area contributed by atoms with Crippen LogP contribution in [0, 0.1) is 10.8 Å². The number of hydrogen-bond acceptors (Lipinski definition) is 0. The summed E-state index contributed by atoms with van der Waals surface area (Å²) in [6.45, 7) is 4.90. The third kappa shape index (κ3) is 0.949. The van der Waals surface area contributed by atoms with E-state index in [4.69, 9.17) is 0 Å². The van der Waals surface area contributed by atoms with E-state index in [0.717, 1.165) is 0 Å². The Morgan fingerprint density at radius 3 is 1.56 bits per heavy atom. The molecule has 0 heterocycles. The molecule has 4 aliphatic rings. The molecule has 0 N–H and O–H groups in total. The maximum absolute atomic E-state index is 2.45. The zero-order valence-corrected chi connectivity index (χ0v) is 12.1. The molecule has 0 saturated heterocycles. The minimum Gasteiger partial charge on any atom is -0.0620 e. The van der Waals surface area contributed by atoms with Crippen molar-refractivity contribution in [3.8, 4) is 0 Å². The van der Waals surface area contributed by atoms with Crippen molar-refractivity contribution in [2.75, 3.05) is 0 Å². The van der Waals surface area contributed by atoms with E-state index >= 15 is 0 Å². The topological polar surface area (TPSA) is 0 Å². The van der Waals surface area contributed by atoms with Gasteiger partial charge in [0.15, 0.2) is 0 Å². The molecule has 1 saturated carbocycles. The molecule has 1 fully saturated rings. The van der Waals surface area contributed by atoms with Crippen LogP contribution in [-0.2, 0) is 0 Å². The van der Waals surface area contributed by atoms with Crippen LogP contribution in [0.2, 0.25) is 0 Å². The van der Waals surface area contributed by atoms with Gasteiger partial charge in [0.25, 0.3) is 0 Å². The maximum atomic E-state index is 2.45. The highest BCUT2D eigenvalue weighted by Gasteiger charge is 2.70. The molecule has 0 bridgehead atoms. The zero-order chi connectivity index (χ0) is 12.4. The van der Waals surface area contributed by atoms with E-state index in [9.17, 15) is 0 Å². The summed E-state index contributed by atoms with van der Waals surface area (Å²) >= 11 is 0. The SMILES string of the molecule is CC1=C(C)C23CCCCCC12C1=C3CCCCC1. The smallest absolute Gasteiger partial charge is 0.0254 e. The van der Waals surface area contributed by atoms with Crippen LogP contribution < -0.4 is 0 Å². The molecule has 4 rings (SSSR count). The first-order chi connectivity index (χ1) is 8.75. The molecule has 0 aromatic rings. The lowest BCUT2D eigenvalue weighted by Gasteiger charge is -2.71. The quantitative estimate of drug-likeness (QED) is 0.489. The van der Waals surface area contributed by atoms with Crippen molar-refractivity contribution in [2.24, 2.45) is 10.8 Å². The Morgan fingerprint density at radius 2 is 1.06 bits per heavy atom. The van der Waals surface area contributed by atoms with Crippen molar-refractivity contribution in [1.82, 2.24) is 0 Å². The Kier molecular flexibility index (Phi) is 2.22. The predicted octanol–water partition coefficient (Wildman–Crippen LogP) is 5.55. The Hall–Kier alpha value is -0.520.